The predicted molar refractivity (Wildman–Crippen MR) is 77.5 cm³/mol. The SMILES string of the molecule is COc1ccc(-c2ccc(CO)cc2)c(OC)c1OC. The van der Waals surface area contributed by atoms with Crippen molar-refractivity contribution in [2.24, 2.45) is 0 Å². The molecule has 0 aliphatic rings. The molecule has 0 aromatic heterocycles. The fraction of sp³-hybridized carbons (Fsp3) is 0.250. The largest absolute Gasteiger partial charge is 0.493 e. The van der Waals surface area contributed by atoms with Gasteiger partial charge in [-0.2, -0.15) is 0 Å². The number of methoxy groups -OCH3 is 3. The lowest BCUT2D eigenvalue weighted by Crippen LogP contribution is -1.97. The first kappa shape index (κ1) is 14.2. The van der Waals surface area contributed by atoms with Crippen LogP contribution in [0.25, 0.3) is 11.1 Å². The van der Waals surface area contributed by atoms with E-state index in [4.69, 9.17) is 19.3 Å². The van der Waals surface area contributed by atoms with Gasteiger partial charge in [0.25, 0.3) is 0 Å². The second-order valence-corrected chi connectivity index (χ2v) is 4.24. The van der Waals surface area contributed by atoms with Crippen molar-refractivity contribution in [1.82, 2.24) is 0 Å². The zero-order valence-corrected chi connectivity index (χ0v) is 11.8. The van der Waals surface area contributed by atoms with E-state index in [0.29, 0.717) is 17.2 Å². The van der Waals surface area contributed by atoms with Crippen LogP contribution in [0.3, 0.4) is 0 Å². The average molecular weight is 274 g/mol. The van der Waals surface area contributed by atoms with Gasteiger partial charge < -0.3 is 19.3 Å². The van der Waals surface area contributed by atoms with Crippen LogP contribution >= 0.6 is 0 Å². The van der Waals surface area contributed by atoms with Crippen molar-refractivity contribution in [3.05, 3.63) is 42.0 Å². The minimum atomic E-state index is 0.0311. The summed E-state index contributed by atoms with van der Waals surface area (Å²) in [5, 5.41) is 9.09. The van der Waals surface area contributed by atoms with Crippen LogP contribution in [-0.2, 0) is 6.61 Å². The Morgan fingerprint density at radius 2 is 1.45 bits per heavy atom. The number of hydrogen-bond donors (Lipinski definition) is 1. The van der Waals surface area contributed by atoms with E-state index in [0.717, 1.165) is 16.7 Å². The van der Waals surface area contributed by atoms with Gasteiger partial charge in [-0.05, 0) is 23.3 Å². The molecule has 0 unspecified atom stereocenters. The molecule has 106 valence electrons. The maximum Gasteiger partial charge on any atom is 0.203 e. The number of benzene rings is 2. The van der Waals surface area contributed by atoms with Crippen LogP contribution in [0.15, 0.2) is 36.4 Å². The summed E-state index contributed by atoms with van der Waals surface area (Å²) in [6, 6.07) is 11.4. The van der Waals surface area contributed by atoms with Crippen molar-refractivity contribution in [3.63, 3.8) is 0 Å². The number of rotatable bonds is 5. The quantitative estimate of drug-likeness (QED) is 0.910. The summed E-state index contributed by atoms with van der Waals surface area (Å²) >= 11 is 0. The first-order valence-corrected chi connectivity index (χ1v) is 6.24. The first-order valence-electron chi connectivity index (χ1n) is 6.24. The lowest BCUT2D eigenvalue weighted by Gasteiger charge is -2.16. The van der Waals surface area contributed by atoms with Crippen LogP contribution in [0.4, 0.5) is 0 Å². The fourth-order valence-electron chi connectivity index (χ4n) is 2.12. The normalized spacial score (nSPS) is 10.2. The molecule has 0 atom stereocenters. The molecule has 0 spiro atoms. The van der Waals surface area contributed by atoms with E-state index in [1.165, 1.54) is 0 Å². The van der Waals surface area contributed by atoms with Gasteiger partial charge in [-0.15, -0.1) is 0 Å². The van der Waals surface area contributed by atoms with Gasteiger partial charge in [-0.3, -0.25) is 0 Å². The molecule has 2 rings (SSSR count). The molecular weight excluding hydrogens is 256 g/mol. The third kappa shape index (κ3) is 2.56. The Labute approximate surface area is 118 Å². The number of ether oxygens (including phenoxy) is 3. The molecule has 0 amide bonds. The summed E-state index contributed by atoms with van der Waals surface area (Å²) in [4.78, 5) is 0. The maximum atomic E-state index is 9.09. The topological polar surface area (TPSA) is 47.9 Å². The van der Waals surface area contributed by atoms with E-state index >= 15 is 0 Å². The summed E-state index contributed by atoms with van der Waals surface area (Å²) in [5.74, 6) is 1.82. The van der Waals surface area contributed by atoms with Crippen LogP contribution in [0.1, 0.15) is 5.56 Å². The third-order valence-corrected chi connectivity index (χ3v) is 3.15. The first-order chi connectivity index (χ1) is 9.74. The highest BCUT2D eigenvalue weighted by Crippen LogP contribution is 2.44. The molecule has 20 heavy (non-hydrogen) atoms. The minimum absolute atomic E-state index is 0.0311. The number of hydrogen-bond acceptors (Lipinski definition) is 4. The molecule has 0 saturated heterocycles. The molecule has 0 saturated carbocycles. The molecule has 0 bridgehead atoms. The Morgan fingerprint density at radius 3 is 1.95 bits per heavy atom. The highest BCUT2D eigenvalue weighted by molar-refractivity contribution is 5.76. The van der Waals surface area contributed by atoms with Gasteiger partial charge in [0.15, 0.2) is 11.5 Å². The predicted octanol–water partition coefficient (Wildman–Crippen LogP) is 2.87. The minimum Gasteiger partial charge on any atom is -0.493 e. The monoisotopic (exact) mass is 274 g/mol. The smallest absolute Gasteiger partial charge is 0.203 e. The van der Waals surface area contributed by atoms with E-state index in [1.54, 1.807) is 21.3 Å². The third-order valence-electron chi connectivity index (χ3n) is 3.15. The molecule has 1 N–H and O–H groups in total. The molecule has 4 heteroatoms. The van der Waals surface area contributed by atoms with Crippen molar-refractivity contribution in [2.45, 2.75) is 6.61 Å². The van der Waals surface area contributed by atoms with Gasteiger partial charge in [-0.25, -0.2) is 0 Å². The van der Waals surface area contributed by atoms with Gasteiger partial charge in [0.05, 0.1) is 27.9 Å². The van der Waals surface area contributed by atoms with E-state index in [-0.39, 0.29) is 6.61 Å². The van der Waals surface area contributed by atoms with Gasteiger partial charge >= 0.3 is 0 Å². The molecule has 4 nitrogen and oxygen atoms in total. The van der Waals surface area contributed by atoms with E-state index in [9.17, 15) is 0 Å². The summed E-state index contributed by atoms with van der Waals surface area (Å²) in [6.45, 7) is 0.0311. The highest BCUT2D eigenvalue weighted by atomic mass is 16.5. The molecular formula is C16H18O4. The molecule has 0 fully saturated rings. The van der Waals surface area contributed by atoms with Crippen LogP contribution in [0, 0.1) is 0 Å². The Morgan fingerprint density at radius 1 is 0.800 bits per heavy atom. The Kier molecular flexibility index (Phi) is 4.48. The Bertz CT molecular complexity index is 576. The molecule has 0 aliphatic heterocycles. The van der Waals surface area contributed by atoms with Gasteiger partial charge in [-0.1, -0.05) is 24.3 Å². The fourth-order valence-corrected chi connectivity index (χ4v) is 2.12. The van der Waals surface area contributed by atoms with Gasteiger partial charge in [0.1, 0.15) is 0 Å². The molecule has 0 aliphatic carbocycles. The number of aliphatic hydroxyl groups is 1. The van der Waals surface area contributed by atoms with E-state index in [2.05, 4.69) is 0 Å². The highest BCUT2D eigenvalue weighted by Gasteiger charge is 2.16. The maximum absolute atomic E-state index is 9.09. The lowest BCUT2D eigenvalue weighted by atomic mass is 10.0. The van der Waals surface area contributed by atoms with Crippen LogP contribution in [0.5, 0.6) is 17.2 Å². The van der Waals surface area contributed by atoms with Crippen molar-refractivity contribution in [2.75, 3.05) is 21.3 Å². The summed E-state index contributed by atoms with van der Waals surface area (Å²) in [7, 11) is 4.77. The lowest BCUT2D eigenvalue weighted by molar-refractivity contribution is 0.282. The van der Waals surface area contributed by atoms with E-state index < -0.39 is 0 Å². The molecule has 0 radical (unpaired) electrons. The second kappa shape index (κ2) is 6.30. The van der Waals surface area contributed by atoms with Crippen LogP contribution < -0.4 is 14.2 Å². The molecule has 2 aromatic carbocycles. The van der Waals surface area contributed by atoms with Crippen molar-refractivity contribution < 1.29 is 19.3 Å². The average Bonchev–Trinajstić information content (AvgIpc) is 2.53. The van der Waals surface area contributed by atoms with Crippen molar-refractivity contribution >= 4 is 0 Å². The second-order valence-electron chi connectivity index (χ2n) is 4.24. The van der Waals surface area contributed by atoms with Crippen LogP contribution in [0.2, 0.25) is 0 Å². The van der Waals surface area contributed by atoms with Crippen molar-refractivity contribution in [3.8, 4) is 28.4 Å². The summed E-state index contributed by atoms with van der Waals surface area (Å²) in [5.41, 5.74) is 2.77. The zero-order chi connectivity index (χ0) is 14.5. The number of aliphatic hydroxyl groups excluding tert-OH is 1. The van der Waals surface area contributed by atoms with Gasteiger partial charge in [0, 0.05) is 5.56 Å². The zero-order valence-electron chi connectivity index (χ0n) is 11.8. The Balaban J connectivity index is 2.55. The summed E-state index contributed by atoms with van der Waals surface area (Å²) < 4.78 is 16.1. The van der Waals surface area contributed by atoms with E-state index in [1.807, 2.05) is 36.4 Å². The van der Waals surface area contributed by atoms with Crippen molar-refractivity contribution in [1.29, 1.82) is 0 Å². The molecule has 0 heterocycles. The Hall–Kier alpha value is -2.20. The standard InChI is InChI=1S/C16H18O4/c1-18-14-9-8-13(15(19-2)16(14)20-3)12-6-4-11(10-17)5-7-12/h4-9,17H,10H2,1-3H3. The summed E-state index contributed by atoms with van der Waals surface area (Å²) in [6.07, 6.45) is 0. The van der Waals surface area contributed by atoms with Crippen LogP contribution in [-0.4, -0.2) is 26.4 Å². The van der Waals surface area contributed by atoms with Gasteiger partial charge in [0.2, 0.25) is 5.75 Å². The molecule has 2 aromatic rings.